The summed E-state index contributed by atoms with van der Waals surface area (Å²) < 4.78 is 41.5. The summed E-state index contributed by atoms with van der Waals surface area (Å²) >= 11 is 0. The number of rotatable bonds is 6. The maximum Gasteiger partial charge on any atom is 0.416 e. The van der Waals surface area contributed by atoms with Crippen LogP contribution in [0.3, 0.4) is 0 Å². The predicted molar refractivity (Wildman–Crippen MR) is 132 cm³/mol. The smallest absolute Gasteiger partial charge is 0.416 e. The lowest BCUT2D eigenvalue weighted by atomic mass is 10.1. The van der Waals surface area contributed by atoms with Crippen molar-refractivity contribution in [2.24, 2.45) is 7.05 Å². The van der Waals surface area contributed by atoms with E-state index in [0.717, 1.165) is 23.2 Å². The topological polar surface area (TPSA) is 83.4 Å². The third-order valence-corrected chi connectivity index (χ3v) is 6.03. The Labute approximate surface area is 205 Å². The molecule has 1 atom stereocenters. The van der Waals surface area contributed by atoms with Crippen LogP contribution in [-0.4, -0.2) is 21.6 Å². The van der Waals surface area contributed by atoms with Gasteiger partial charge in [0.15, 0.2) is 0 Å². The molecule has 1 unspecified atom stereocenters. The summed E-state index contributed by atoms with van der Waals surface area (Å²) in [7, 11) is 1.72. The van der Waals surface area contributed by atoms with E-state index in [-0.39, 0.29) is 16.9 Å². The van der Waals surface area contributed by atoms with Gasteiger partial charge in [-0.3, -0.25) is 4.79 Å². The Hall–Kier alpha value is -4.27. The van der Waals surface area contributed by atoms with E-state index in [9.17, 15) is 22.8 Å². The molecule has 0 aliphatic heterocycles. The van der Waals surface area contributed by atoms with Crippen LogP contribution in [-0.2, 0) is 13.2 Å². The number of benzene rings is 3. The molecule has 4 rings (SSSR count). The van der Waals surface area contributed by atoms with Gasteiger partial charge in [0.2, 0.25) is 0 Å². The SMILES string of the molecule is Cc1ccc2c(c1)c(Nc1cccc(C(F)(F)F)c1)c(C(=O)NC(C)c1ccc(C(=O)O)cc1)n2C. The zero-order chi connectivity index (χ0) is 26.2. The number of anilines is 2. The number of hydrogen-bond acceptors (Lipinski definition) is 3. The zero-order valence-electron chi connectivity index (χ0n) is 19.8. The van der Waals surface area contributed by atoms with Crippen LogP contribution in [0, 0.1) is 6.92 Å². The van der Waals surface area contributed by atoms with E-state index in [1.54, 1.807) is 30.7 Å². The first-order valence-electron chi connectivity index (χ1n) is 11.1. The molecule has 0 spiro atoms. The van der Waals surface area contributed by atoms with Crippen molar-refractivity contribution in [2.75, 3.05) is 5.32 Å². The van der Waals surface area contributed by atoms with Crippen molar-refractivity contribution in [2.45, 2.75) is 26.1 Å². The molecule has 0 saturated heterocycles. The quantitative estimate of drug-likeness (QED) is 0.288. The molecule has 186 valence electrons. The van der Waals surface area contributed by atoms with E-state index in [4.69, 9.17) is 5.11 Å². The molecule has 4 aromatic rings. The van der Waals surface area contributed by atoms with Gasteiger partial charge in [-0.2, -0.15) is 13.2 Å². The number of nitrogens with one attached hydrogen (secondary N) is 2. The fourth-order valence-corrected chi connectivity index (χ4v) is 4.13. The van der Waals surface area contributed by atoms with Crippen LogP contribution in [0.15, 0.2) is 66.7 Å². The summed E-state index contributed by atoms with van der Waals surface area (Å²) in [6.45, 7) is 3.66. The summed E-state index contributed by atoms with van der Waals surface area (Å²) in [5.74, 6) is -1.48. The molecular weight excluding hydrogens is 471 g/mol. The fraction of sp³-hybridized carbons (Fsp3) is 0.185. The minimum absolute atomic E-state index is 0.133. The van der Waals surface area contributed by atoms with Crippen LogP contribution < -0.4 is 10.6 Å². The van der Waals surface area contributed by atoms with Crippen molar-refractivity contribution in [3.63, 3.8) is 0 Å². The van der Waals surface area contributed by atoms with Gasteiger partial charge in [0.1, 0.15) is 5.69 Å². The number of nitrogens with zero attached hydrogens (tertiary/aromatic N) is 1. The number of halogens is 3. The van der Waals surface area contributed by atoms with E-state index < -0.39 is 29.7 Å². The maximum atomic E-state index is 13.5. The molecule has 0 radical (unpaired) electrons. The average Bonchev–Trinajstić information content (AvgIpc) is 3.09. The van der Waals surface area contributed by atoms with Gasteiger partial charge >= 0.3 is 12.1 Å². The molecule has 0 bridgehead atoms. The highest BCUT2D eigenvalue weighted by molar-refractivity contribution is 6.10. The molecular formula is C27H24F3N3O3. The molecule has 3 N–H and O–H groups in total. The third-order valence-electron chi connectivity index (χ3n) is 6.03. The standard InChI is InChI=1S/C27H24F3N3O3/c1-15-7-12-22-21(13-15)23(32-20-6-4-5-19(14-20)27(28,29)30)24(33(22)3)25(34)31-16(2)17-8-10-18(11-9-17)26(35)36/h4-14,16,32H,1-3H3,(H,31,34)(H,35,36). The second-order valence-electron chi connectivity index (χ2n) is 8.63. The van der Waals surface area contributed by atoms with Crippen molar-refractivity contribution in [3.05, 3.63) is 94.7 Å². The highest BCUT2D eigenvalue weighted by atomic mass is 19.4. The molecule has 0 aliphatic rings. The number of aryl methyl sites for hydroxylation is 2. The fourth-order valence-electron chi connectivity index (χ4n) is 4.13. The van der Waals surface area contributed by atoms with Gasteiger partial charge in [-0.25, -0.2) is 4.79 Å². The van der Waals surface area contributed by atoms with Gasteiger partial charge in [-0.15, -0.1) is 0 Å². The Morgan fingerprint density at radius 2 is 1.69 bits per heavy atom. The first-order chi connectivity index (χ1) is 17.0. The molecule has 0 saturated carbocycles. The van der Waals surface area contributed by atoms with Crippen LogP contribution in [0.4, 0.5) is 24.5 Å². The van der Waals surface area contributed by atoms with Crippen molar-refractivity contribution in [1.82, 2.24) is 9.88 Å². The predicted octanol–water partition coefficient (Wildman–Crippen LogP) is 6.44. The summed E-state index contributed by atoms with van der Waals surface area (Å²) in [5, 5.41) is 15.7. The second-order valence-corrected chi connectivity index (χ2v) is 8.63. The zero-order valence-corrected chi connectivity index (χ0v) is 19.8. The van der Waals surface area contributed by atoms with Gasteiger partial charge in [0.25, 0.3) is 5.91 Å². The molecule has 1 aromatic heterocycles. The highest BCUT2D eigenvalue weighted by Crippen LogP contribution is 2.36. The van der Waals surface area contributed by atoms with Crippen molar-refractivity contribution in [1.29, 1.82) is 0 Å². The average molecular weight is 496 g/mol. The van der Waals surface area contributed by atoms with Crippen LogP contribution in [0.5, 0.6) is 0 Å². The number of alkyl halides is 3. The molecule has 1 amide bonds. The van der Waals surface area contributed by atoms with Gasteiger partial charge in [-0.1, -0.05) is 29.8 Å². The first-order valence-corrected chi connectivity index (χ1v) is 11.1. The van der Waals surface area contributed by atoms with Crippen LogP contribution in [0.2, 0.25) is 0 Å². The van der Waals surface area contributed by atoms with E-state index in [0.29, 0.717) is 16.6 Å². The van der Waals surface area contributed by atoms with E-state index in [2.05, 4.69) is 10.6 Å². The Morgan fingerprint density at radius 1 is 1.00 bits per heavy atom. The number of carboxylic acid groups (broad SMARTS) is 1. The third kappa shape index (κ3) is 4.91. The number of hydrogen-bond donors (Lipinski definition) is 3. The van der Waals surface area contributed by atoms with Crippen molar-refractivity contribution in [3.8, 4) is 0 Å². The molecule has 0 aliphatic carbocycles. The Balaban J connectivity index is 1.73. The lowest BCUT2D eigenvalue weighted by Gasteiger charge is -2.17. The first kappa shape index (κ1) is 24.8. The van der Waals surface area contributed by atoms with Crippen LogP contribution in [0.25, 0.3) is 10.9 Å². The Bertz CT molecular complexity index is 1460. The van der Waals surface area contributed by atoms with Gasteiger partial charge in [0, 0.05) is 18.1 Å². The number of fused-ring (bicyclic) bond motifs is 1. The second kappa shape index (κ2) is 9.41. The summed E-state index contributed by atoms with van der Waals surface area (Å²) in [4.78, 5) is 24.6. The summed E-state index contributed by atoms with van der Waals surface area (Å²) in [6, 6.07) is 16.1. The molecule has 3 aromatic carbocycles. The van der Waals surface area contributed by atoms with Crippen LogP contribution >= 0.6 is 0 Å². The number of carboxylic acids is 1. The number of carbonyl (C=O) groups excluding carboxylic acids is 1. The lowest BCUT2D eigenvalue weighted by Crippen LogP contribution is -2.29. The van der Waals surface area contributed by atoms with Gasteiger partial charge in [-0.05, 0) is 61.9 Å². The normalized spacial score (nSPS) is 12.4. The van der Waals surface area contributed by atoms with Crippen molar-refractivity contribution < 1.29 is 27.9 Å². The summed E-state index contributed by atoms with van der Waals surface area (Å²) in [5.41, 5.74) is 2.55. The summed E-state index contributed by atoms with van der Waals surface area (Å²) in [6.07, 6.45) is -4.50. The maximum absolute atomic E-state index is 13.5. The Morgan fingerprint density at radius 3 is 2.33 bits per heavy atom. The highest BCUT2D eigenvalue weighted by Gasteiger charge is 2.31. The Kier molecular flexibility index (Phi) is 6.49. The largest absolute Gasteiger partial charge is 0.478 e. The lowest BCUT2D eigenvalue weighted by molar-refractivity contribution is -0.137. The molecule has 6 nitrogen and oxygen atoms in total. The minimum atomic E-state index is -4.50. The molecule has 9 heteroatoms. The monoisotopic (exact) mass is 495 g/mol. The van der Waals surface area contributed by atoms with Gasteiger partial charge < -0.3 is 20.3 Å². The number of amides is 1. The number of aromatic carboxylic acids is 1. The number of aromatic nitrogens is 1. The van der Waals surface area contributed by atoms with Crippen LogP contribution in [0.1, 0.15) is 50.5 Å². The van der Waals surface area contributed by atoms with E-state index >= 15 is 0 Å². The molecule has 36 heavy (non-hydrogen) atoms. The molecule has 0 fully saturated rings. The van der Waals surface area contributed by atoms with Crippen molar-refractivity contribution >= 4 is 34.2 Å². The minimum Gasteiger partial charge on any atom is -0.478 e. The van der Waals surface area contributed by atoms with E-state index in [1.165, 1.54) is 24.3 Å². The van der Waals surface area contributed by atoms with Gasteiger partial charge in [0.05, 0.1) is 28.4 Å². The molecule has 1 heterocycles. The van der Waals surface area contributed by atoms with E-state index in [1.807, 2.05) is 25.1 Å². The number of carbonyl (C=O) groups is 2.